The van der Waals surface area contributed by atoms with Crippen molar-refractivity contribution in [3.63, 3.8) is 0 Å². The van der Waals surface area contributed by atoms with Crippen LogP contribution in [0.3, 0.4) is 0 Å². The number of para-hydroxylation sites is 1. The van der Waals surface area contributed by atoms with Gasteiger partial charge < -0.3 is 9.64 Å². The Labute approximate surface area is 125 Å². The van der Waals surface area contributed by atoms with E-state index in [2.05, 4.69) is 0 Å². The fourth-order valence-corrected chi connectivity index (χ4v) is 2.75. The third-order valence-electron chi connectivity index (χ3n) is 4.07. The van der Waals surface area contributed by atoms with Gasteiger partial charge in [0.05, 0.1) is 19.6 Å². The van der Waals surface area contributed by atoms with Crippen LogP contribution in [0.15, 0.2) is 30.3 Å². The first-order chi connectivity index (χ1) is 10.0. The van der Waals surface area contributed by atoms with Crippen LogP contribution >= 0.6 is 0 Å². The maximum absolute atomic E-state index is 12.3. The second-order valence-electron chi connectivity index (χ2n) is 5.59. The molecule has 0 bridgehead atoms. The summed E-state index contributed by atoms with van der Waals surface area (Å²) in [5.74, 6) is -0.0788. The van der Waals surface area contributed by atoms with E-state index in [1.54, 1.807) is 11.9 Å². The van der Waals surface area contributed by atoms with Crippen LogP contribution in [-0.4, -0.2) is 50.6 Å². The molecule has 1 saturated heterocycles. The van der Waals surface area contributed by atoms with E-state index < -0.39 is 0 Å². The fourth-order valence-electron chi connectivity index (χ4n) is 2.75. The van der Waals surface area contributed by atoms with Gasteiger partial charge in [0.1, 0.15) is 0 Å². The summed E-state index contributed by atoms with van der Waals surface area (Å²) in [5.41, 5.74) is 0.874. The number of carbonyl (C=O) groups excluding carboxylic acids is 2. The van der Waals surface area contributed by atoms with Crippen molar-refractivity contribution in [1.82, 2.24) is 4.90 Å². The molecule has 1 heterocycles. The minimum atomic E-state index is -0.186. The molecule has 1 fully saturated rings. The molecule has 5 heteroatoms. The molecule has 2 atom stereocenters. The SMILES string of the molecule is COC(=O)C1CN(CC(=O)N(C)c2ccccc2)CC1C. The van der Waals surface area contributed by atoms with Crippen molar-refractivity contribution in [2.45, 2.75) is 6.92 Å². The van der Waals surface area contributed by atoms with Crippen molar-refractivity contribution < 1.29 is 14.3 Å². The molecule has 2 unspecified atom stereocenters. The molecule has 1 aromatic carbocycles. The molecule has 0 saturated carbocycles. The minimum Gasteiger partial charge on any atom is -0.469 e. The lowest BCUT2D eigenvalue weighted by molar-refractivity contribution is -0.146. The molecule has 2 rings (SSSR count). The first kappa shape index (κ1) is 15.5. The van der Waals surface area contributed by atoms with E-state index in [0.717, 1.165) is 12.2 Å². The molecule has 21 heavy (non-hydrogen) atoms. The number of rotatable bonds is 4. The molecule has 1 aromatic rings. The van der Waals surface area contributed by atoms with Gasteiger partial charge in [0.25, 0.3) is 0 Å². The predicted molar refractivity (Wildman–Crippen MR) is 81.0 cm³/mol. The number of anilines is 1. The van der Waals surface area contributed by atoms with Crippen molar-refractivity contribution in [2.24, 2.45) is 11.8 Å². The largest absolute Gasteiger partial charge is 0.469 e. The van der Waals surface area contributed by atoms with Gasteiger partial charge in [-0.1, -0.05) is 25.1 Å². The maximum atomic E-state index is 12.3. The molecular weight excluding hydrogens is 268 g/mol. The summed E-state index contributed by atoms with van der Waals surface area (Å²) in [6.45, 7) is 3.67. The minimum absolute atomic E-state index is 0.0268. The molecule has 114 valence electrons. The maximum Gasteiger partial charge on any atom is 0.310 e. The molecule has 0 aliphatic carbocycles. The highest BCUT2D eigenvalue weighted by molar-refractivity contribution is 5.94. The Balaban J connectivity index is 1.93. The molecule has 1 aliphatic heterocycles. The van der Waals surface area contributed by atoms with Crippen molar-refractivity contribution >= 4 is 17.6 Å². The number of methoxy groups -OCH3 is 1. The summed E-state index contributed by atoms with van der Waals surface area (Å²) >= 11 is 0. The van der Waals surface area contributed by atoms with Crippen LogP contribution in [0.1, 0.15) is 6.92 Å². The van der Waals surface area contributed by atoms with E-state index in [0.29, 0.717) is 13.1 Å². The van der Waals surface area contributed by atoms with E-state index in [9.17, 15) is 9.59 Å². The molecule has 0 N–H and O–H groups in total. The highest BCUT2D eigenvalue weighted by Gasteiger charge is 2.36. The van der Waals surface area contributed by atoms with Crippen molar-refractivity contribution in [1.29, 1.82) is 0 Å². The lowest BCUT2D eigenvalue weighted by atomic mass is 9.99. The highest BCUT2D eigenvalue weighted by Crippen LogP contribution is 2.24. The number of likely N-dealkylation sites (tertiary alicyclic amines) is 1. The first-order valence-electron chi connectivity index (χ1n) is 7.14. The number of amides is 1. The zero-order valence-corrected chi connectivity index (χ0v) is 12.8. The van der Waals surface area contributed by atoms with Crippen molar-refractivity contribution in [3.8, 4) is 0 Å². The topological polar surface area (TPSA) is 49.9 Å². The van der Waals surface area contributed by atoms with Crippen LogP contribution in [0.4, 0.5) is 5.69 Å². The predicted octanol–water partition coefficient (Wildman–Crippen LogP) is 1.39. The van der Waals surface area contributed by atoms with Gasteiger partial charge in [0, 0.05) is 25.8 Å². The molecule has 1 aliphatic rings. The number of nitrogens with zero attached hydrogens (tertiary/aromatic N) is 2. The van der Waals surface area contributed by atoms with Crippen molar-refractivity contribution in [3.05, 3.63) is 30.3 Å². The number of esters is 1. The normalized spacial score (nSPS) is 22.0. The van der Waals surface area contributed by atoms with Gasteiger partial charge in [-0.25, -0.2) is 0 Å². The molecule has 1 amide bonds. The lowest BCUT2D eigenvalue weighted by Crippen LogP contribution is -2.37. The number of benzene rings is 1. The van der Waals surface area contributed by atoms with Gasteiger partial charge in [-0.2, -0.15) is 0 Å². The van der Waals surface area contributed by atoms with Crippen LogP contribution in [-0.2, 0) is 14.3 Å². The molecular formula is C16H22N2O3. The van der Waals surface area contributed by atoms with Gasteiger partial charge >= 0.3 is 5.97 Å². The fraction of sp³-hybridized carbons (Fsp3) is 0.500. The Bertz CT molecular complexity index is 504. The van der Waals surface area contributed by atoms with Crippen LogP contribution in [0.2, 0.25) is 0 Å². The zero-order valence-electron chi connectivity index (χ0n) is 12.8. The van der Waals surface area contributed by atoms with Crippen LogP contribution < -0.4 is 4.90 Å². The summed E-state index contributed by atoms with van der Waals surface area (Å²) in [7, 11) is 3.18. The van der Waals surface area contributed by atoms with E-state index in [1.807, 2.05) is 42.2 Å². The average molecular weight is 290 g/mol. The van der Waals surface area contributed by atoms with Gasteiger partial charge in [-0.05, 0) is 18.1 Å². The third-order valence-corrected chi connectivity index (χ3v) is 4.07. The van der Waals surface area contributed by atoms with E-state index in [1.165, 1.54) is 7.11 Å². The average Bonchev–Trinajstić information content (AvgIpc) is 2.87. The van der Waals surface area contributed by atoms with Gasteiger partial charge in [0.2, 0.25) is 5.91 Å². The Morgan fingerprint density at radius 1 is 1.29 bits per heavy atom. The van der Waals surface area contributed by atoms with Gasteiger partial charge in [-0.15, -0.1) is 0 Å². The molecule has 0 aromatic heterocycles. The number of carbonyl (C=O) groups is 2. The van der Waals surface area contributed by atoms with E-state index >= 15 is 0 Å². The van der Waals surface area contributed by atoms with Crippen LogP contribution in [0, 0.1) is 11.8 Å². The Kier molecular flexibility index (Phi) is 4.96. The van der Waals surface area contributed by atoms with Crippen LogP contribution in [0.5, 0.6) is 0 Å². The second kappa shape index (κ2) is 6.72. The zero-order chi connectivity index (χ0) is 15.4. The number of hydrogen-bond donors (Lipinski definition) is 0. The highest BCUT2D eigenvalue weighted by atomic mass is 16.5. The summed E-state index contributed by atoms with van der Waals surface area (Å²) in [6.07, 6.45) is 0. The smallest absolute Gasteiger partial charge is 0.310 e. The Morgan fingerprint density at radius 3 is 2.57 bits per heavy atom. The number of likely N-dealkylation sites (N-methyl/N-ethyl adjacent to an activating group) is 1. The molecule has 0 spiro atoms. The lowest BCUT2D eigenvalue weighted by Gasteiger charge is -2.21. The first-order valence-corrected chi connectivity index (χ1v) is 7.14. The third kappa shape index (κ3) is 3.61. The molecule has 5 nitrogen and oxygen atoms in total. The number of hydrogen-bond acceptors (Lipinski definition) is 4. The second-order valence-corrected chi connectivity index (χ2v) is 5.59. The van der Waals surface area contributed by atoms with Crippen molar-refractivity contribution in [2.75, 3.05) is 38.7 Å². The quantitative estimate of drug-likeness (QED) is 0.786. The van der Waals surface area contributed by atoms with E-state index in [-0.39, 0.29) is 23.7 Å². The monoisotopic (exact) mass is 290 g/mol. The Morgan fingerprint density at radius 2 is 1.95 bits per heavy atom. The van der Waals surface area contributed by atoms with E-state index in [4.69, 9.17) is 4.74 Å². The Hall–Kier alpha value is -1.88. The standard InChI is InChI=1S/C16H22N2O3/c1-12-9-18(10-14(12)16(20)21-3)11-15(19)17(2)13-7-5-4-6-8-13/h4-8,12,14H,9-11H2,1-3H3. The van der Waals surface area contributed by atoms with Crippen LogP contribution in [0.25, 0.3) is 0 Å². The molecule has 0 radical (unpaired) electrons. The van der Waals surface area contributed by atoms with Gasteiger partial charge in [0.15, 0.2) is 0 Å². The van der Waals surface area contributed by atoms with Gasteiger partial charge in [-0.3, -0.25) is 14.5 Å². The number of ether oxygens (including phenoxy) is 1. The summed E-state index contributed by atoms with van der Waals surface area (Å²) < 4.78 is 4.81. The summed E-state index contributed by atoms with van der Waals surface area (Å²) in [5, 5.41) is 0. The summed E-state index contributed by atoms with van der Waals surface area (Å²) in [6, 6.07) is 9.54. The summed E-state index contributed by atoms with van der Waals surface area (Å²) in [4.78, 5) is 27.7.